The molecule has 0 aliphatic rings. The van der Waals surface area contributed by atoms with Crippen LogP contribution in [0.4, 0.5) is 15.3 Å². The number of urea groups is 1. The van der Waals surface area contributed by atoms with Gasteiger partial charge in [-0.2, -0.15) is 4.90 Å². The number of unbranched alkanes of at least 4 members (excludes halogenated alkanes) is 3. The van der Waals surface area contributed by atoms with Crippen molar-refractivity contribution in [2.24, 2.45) is 5.73 Å². The van der Waals surface area contributed by atoms with Gasteiger partial charge >= 0.3 is 12.1 Å². The normalized spacial score (nSPS) is 11.0. The van der Waals surface area contributed by atoms with E-state index < -0.39 is 12.1 Å². The summed E-state index contributed by atoms with van der Waals surface area (Å²) >= 11 is 0. The number of aromatic nitrogens is 3. The Balaban J connectivity index is 1.70. The number of hydrogen-bond acceptors (Lipinski definition) is 5. The number of hydrogen-bond donors (Lipinski definition) is 3. The van der Waals surface area contributed by atoms with Crippen molar-refractivity contribution in [1.29, 1.82) is 0 Å². The molecule has 4 N–H and O–H groups in total. The van der Waals surface area contributed by atoms with Gasteiger partial charge < -0.3 is 16.2 Å². The number of amides is 3. The molecule has 0 radical (unpaired) electrons. The fourth-order valence-corrected chi connectivity index (χ4v) is 4.25. The van der Waals surface area contributed by atoms with Crippen LogP contribution in [0.25, 0.3) is 28.2 Å². The van der Waals surface area contributed by atoms with E-state index in [1.807, 2.05) is 47.0 Å². The van der Waals surface area contributed by atoms with E-state index in [0.717, 1.165) is 48.3 Å². The number of rotatable bonds is 10. The Kier molecular flexibility index (Phi) is 8.48. The first kappa shape index (κ1) is 25.8. The highest BCUT2D eigenvalue weighted by molar-refractivity contribution is 6.11. The smallest absolute Gasteiger partial charge is 0.420 e. The van der Waals surface area contributed by atoms with Crippen LogP contribution in [0.5, 0.6) is 0 Å². The minimum absolute atomic E-state index is 0.237. The van der Waals surface area contributed by atoms with Crippen molar-refractivity contribution in [3.05, 3.63) is 72.4 Å². The number of carboxylic acid groups (broad SMARTS) is 1. The monoisotopic (exact) mass is 500 g/mol. The molecule has 0 fully saturated rings. The molecule has 0 saturated carbocycles. The first-order valence-corrected chi connectivity index (χ1v) is 12.6. The molecule has 9 heteroatoms. The number of benzene rings is 2. The summed E-state index contributed by atoms with van der Waals surface area (Å²) in [5, 5.41) is 12.6. The zero-order chi connectivity index (χ0) is 26.2. The molecule has 2 aromatic carbocycles. The van der Waals surface area contributed by atoms with Gasteiger partial charge in [-0.05, 0) is 61.3 Å². The summed E-state index contributed by atoms with van der Waals surface area (Å²) in [5.41, 5.74) is 9.96. The van der Waals surface area contributed by atoms with Gasteiger partial charge in [-0.3, -0.25) is 4.57 Å². The largest absolute Gasteiger partial charge is 0.464 e. The van der Waals surface area contributed by atoms with Crippen LogP contribution in [-0.2, 0) is 6.42 Å². The Morgan fingerprint density at radius 1 is 1.05 bits per heavy atom. The molecule has 192 valence electrons. The lowest BCUT2D eigenvalue weighted by Gasteiger charge is -2.19. The third-order valence-corrected chi connectivity index (χ3v) is 6.11. The molecule has 0 bridgehead atoms. The quantitative estimate of drug-likeness (QED) is 0.252. The molecule has 3 amide bonds. The SMILES string of the molecule is CCCCCCNC(=O)N(C(=O)O)c1cccc(-c2nc3cccnc3n2-c2ccc(CCN)cc2)c1. The number of carbonyl (C=O) groups is 2. The molecule has 0 aliphatic heterocycles. The molecule has 0 unspecified atom stereocenters. The maximum atomic E-state index is 12.8. The van der Waals surface area contributed by atoms with Crippen LogP contribution in [-0.4, -0.2) is 44.9 Å². The minimum atomic E-state index is -1.35. The molecule has 2 aromatic heterocycles. The fourth-order valence-electron chi connectivity index (χ4n) is 4.25. The number of fused-ring (bicyclic) bond motifs is 1. The van der Waals surface area contributed by atoms with Gasteiger partial charge in [0.2, 0.25) is 0 Å². The maximum absolute atomic E-state index is 12.8. The van der Waals surface area contributed by atoms with Gasteiger partial charge in [0.05, 0.1) is 5.69 Å². The summed E-state index contributed by atoms with van der Waals surface area (Å²) in [4.78, 5) is 34.9. The predicted octanol–water partition coefficient (Wildman–Crippen LogP) is 5.36. The van der Waals surface area contributed by atoms with Crippen molar-refractivity contribution < 1.29 is 14.7 Å². The van der Waals surface area contributed by atoms with Gasteiger partial charge in [0.15, 0.2) is 5.65 Å². The van der Waals surface area contributed by atoms with Gasteiger partial charge in [-0.15, -0.1) is 0 Å². The number of imidazole rings is 1. The Labute approximate surface area is 216 Å². The van der Waals surface area contributed by atoms with Crippen LogP contribution >= 0.6 is 0 Å². The van der Waals surface area contributed by atoms with Crippen molar-refractivity contribution in [1.82, 2.24) is 19.9 Å². The third kappa shape index (κ3) is 5.95. The number of nitrogens with zero attached hydrogens (tertiary/aromatic N) is 4. The van der Waals surface area contributed by atoms with E-state index in [4.69, 9.17) is 10.7 Å². The predicted molar refractivity (Wildman–Crippen MR) is 145 cm³/mol. The average Bonchev–Trinajstić information content (AvgIpc) is 3.29. The van der Waals surface area contributed by atoms with Crippen LogP contribution in [0.2, 0.25) is 0 Å². The van der Waals surface area contributed by atoms with Gasteiger partial charge in [-0.25, -0.2) is 19.6 Å². The highest BCUT2D eigenvalue weighted by atomic mass is 16.4. The summed E-state index contributed by atoms with van der Waals surface area (Å²) in [7, 11) is 0. The van der Waals surface area contributed by atoms with E-state index >= 15 is 0 Å². The lowest BCUT2D eigenvalue weighted by atomic mass is 10.1. The van der Waals surface area contributed by atoms with E-state index in [9.17, 15) is 14.7 Å². The summed E-state index contributed by atoms with van der Waals surface area (Å²) in [6.07, 6.45) is 5.08. The number of nitrogens with two attached hydrogens (primary N) is 1. The van der Waals surface area contributed by atoms with E-state index in [0.29, 0.717) is 35.6 Å². The zero-order valence-electron chi connectivity index (χ0n) is 20.9. The molecule has 9 nitrogen and oxygen atoms in total. The highest BCUT2D eigenvalue weighted by Gasteiger charge is 2.24. The van der Waals surface area contributed by atoms with Crippen molar-refractivity contribution in [2.75, 3.05) is 18.0 Å². The maximum Gasteiger partial charge on any atom is 0.420 e. The van der Waals surface area contributed by atoms with Gasteiger partial charge in [-0.1, -0.05) is 50.5 Å². The van der Waals surface area contributed by atoms with Crippen LogP contribution in [0.3, 0.4) is 0 Å². The molecule has 0 spiro atoms. The Bertz CT molecular complexity index is 1370. The summed E-state index contributed by atoms with van der Waals surface area (Å²) in [5.74, 6) is 0.590. The number of carbonyl (C=O) groups excluding carboxylic acids is 1. The number of anilines is 1. The second-order valence-corrected chi connectivity index (χ2v) is 8.78. The lowest BCUT2D eigenvalue weighted by Crippen LogP contribution is -2.43. The average molecular weight is 501 g/mol. The minimum Gasteiger partial charge on any atom is -0.464 e. The number of imide groups is 1. The first-order chi connectivity index (χ1) is 18.0. The highest BCUT2D eigenvalue weighted by Crippen LogP contribution is 2.30. The summed E-state index contributed by atoms with van der Waals surface area (Å²) in [6.45, 7) is 3.10. The molecule has 0 atom stereocenters. The molecule has 4 rings (SSSR count). The standard InChI is InChI=1S/C28H32N6O3/c1-2-3-4-5-17-31-27(35)34(28(36)37)23-9-6-8-21(19-23)25-32-24-10-7-18-30-26(24)33(25)22-13-11-20(12-14-22)15-16-29/h6-14,18-19H,2-5,15-17,29H2,1H3,(H,31,35)(H,36,37). The molecule has 2 heterocycles. The topological polar surface area (TPSA) is 126 Å². The molecular weight excluding hydrogens is 468 g/mol. The number of pyridine rings is 1. The van der Waals surface area contributed by atoms with E-state index in [1.165, 1.54) is 0 Å². The fraction of sp³-hybridized carbons (Fsp3) is 0.286. The van der Waals surface area contributed by atoms with Gasteiger partial charge in [0, 0.05) is 24.0 Å². The van der Waals surface area contributed by atoms with Crippen molar-refractivity contribution in [2.45, 2.75) is 39.0 Å². The van der Waals surface area contributed by atoms with E-state index in [1.54, 1.807) is 24.4 Å². The number of nitrogens with one attached hydrogen (secondary N) is 1. The van der Waals surface area contributed by atoms with Crippen molar-refractivity contribution in [3.63, 3.8) is 0 Å². The molecule has 37 heavy (non-hydrogen) atoms. The first-order valence-electron chi connectivity index (χ1n) is 12.6. The Morgan fingerprint density at radius 2 is 1.86 bits per heavy atom. The van der Waals surface area contributed by atoms with Crippen molar-refractivity contribution >= 4 is 29.0 Å². The van der Waals surface area contributed by atoms with Crippen molar-refractivity contribution in [3.8, 4) is 17.1 Å². The third-order valence-electron chi connectivity index (χ3n) is 6.11. The van der Waals surface area contributed by atoms with Crippen LogP contribution in [0.1, 0.15) is 38.2 Å². The van der Waals surface area contributed by atoms with Crippen LogP contribution < -0.4 is 16.0 Å². The molecule has 0 aliphatic carbocycles. The Morgan fingerprint density at radius 3 is 2.59 bits per heavy atom. The molecule has 0 saturated heterocycles. The van der Waals surface area contributed by atoms with Gasteiger partial charge in [0.25, 0.3) is 0 Å². The van der Waals surface area contributed by atoms with Gasteiger partial charge in [0.1, 0.15) is 11.3 Å². The molecular formula is C28H32N6O3. The van der Waals surface area contributed by atoms with E-state index in [2.05, 4.69) is 17.2 Å². The second-order valence-electron chi connectivity index (χ2n) is 8.78. The zero-order valence-corrected chi connectivity index (χ0v) is 20.9. The van der Waals surface area contributed by atoms with Crippen LogP contribution in [0, 0.1) is 0 Å². The lowest BCUT2D eigenvalue weighted by molar-refractivity contribution is 0.199. The molecule has 4 aromatic rings. The summed E-state index contributed by atoms with van der Waals surface area (Å²) < 4.78 is 1.93. The van der Waals surface area contributed by atoms with Crippen LogP contribution in [0.15, 0.2) is 66.9 Å². The Hall–Kier alpha value is -4.24. The summed E-state index contributed by atoms with van der Waals surface area (Å²) in [6, 6.07) is 17.9. The van der Waals surface area contributed by atoms with E-state index in [-0.39, 0.29) is 5.69 Å². The second kappa shape index (κ2) is 12.1.